The SMILES string of the molecule is CCCC(=Cc1ccc(N)c(OCC)c1)C(=O)c1cc(OC)cc(OC)c1OC. The summed E-state index contributed by atoms with van der Waals surface area (Å²) in [7, 11) is 4.58. The summed E-state index contributed by atoms with van der Waals surface area (Å²) in [6.45, 7) is 4.44. The third-order valence-corrected chi connectivity index (χ3v) is 4.42. The number of carbonyl (C=O) groups excluding carboxylic acids is 1. The minimum Gasteiger partial charge on any atom is -0.497 e. The number of nitrogens with two attached hydrogens (primary N) is 1. The Kier molecular flexibility index (Phi) is 7.95. The highest BCUT2D eigenvalue weighted by molar-refractivity contribution is 6.13. The van der Waals surface area contributed by atoms with E-state index >= 15 is 0 Å². The first-order valence-corrected chi connectivity index (χ1v) is 9.56. The molecule has 2 rings (SSSR count). The lowest BCUT2D eigenvalue weighted by Gasteiger charge is -2.15. The molecule has 0 bridgehead atoms. The second-order valence-corrected chi connectivity index (χ2v) is 6.39. The highest BCUT2D eigenvalue weighted by atomic mass is 16.5. The molecule has 0 saturated heterocycles. The van der Waals surface area contributed by atoms with Gasteiger partial charge in [-0.05, 0) is 43.2 Å². The van der Waals surface area contributed by atoms with Gasteiger partial charge >= 0.3 is 0 Å². The van der Waals surface area contributed by atoms with Crippen LogP contribution in [0.1, 0.15) is 42.6 Å². The molecule has 156 valence electrons. The summed E-state index contributed by atoms with van der Waals surface area (Å²) in [5.74, 6) is 1.80. The van der Waals surface area contributed by atoms with E-state index in [1.807, 2.05) is 32.1 Å². The molecule has 0 heterocycles. The molecule has 0 radical (unpaired) electrons. The first-order chi connectivity index (χ1) is 14.0. The normalized spacial score (nSPS) is 11.1. The van der Waals surface area contributed by atoms with Crippen LogP contribution in [-0.4, -0.2) is 33.7 Å². The van der Waals surface area contributed by atoms with Crippen LogP contribution in [0.4, 0.5) is 5.69 Å². The van der Waals surface area contributed by atoms with E-state index in [0.29, 0.717) is 52.8 Å². The summed E-state index contributed by atoms with van der Waals surface area (Å²) in [5, 5.41) is 0. The van der Waals surface area contributed by atoms with Crippen molar-refractivity contribution >= 4 is 17.5 Å². The lowest BCUT2D eigenvalue weighted by Crippen LogP contribution is -2.08. The van der Waals surface area contributed by atoms with Gasteiger partial charge in [-0.1, -0.05) is 19.4 Å². The molecule has 2 aromatic rings. The molecule has 0 aliphatic heterocycles. The fourth-order valence-electron chi connectivity index (χ4n) is 3.04. The molecule has 0 unspecified atom stereocenters. The van der Waals surface area contributed by atoms with Crippen LogP contribution in [0.3, 0.4) is 0 Å². The molecule has 2 N–H and O–H groups in total. The second-order valence-electron chi connectivity index (χ2n) is 6.39. The lowest BCUT2D eigenvalue weighted by atomic mass is 9.96. The van der Waals surface area contributed by atoms with Crippen molar-refractivity contribution in [3.63, 3.8) is 0 Å². The zero-order valence-corrected chi connectivity index (χ0v) is 17.7. The number of ether oxygens (including phenoxy) is 4. The Labute approximate surface area is 172 Å². The van der Waals surface area contributed by atoms with Crippen molar-refractivity contribution in [1.82, 2.24) is 0 Å². The number of methoxy groups -OCH3 is 3. The van der Waals surface area contributed by atoms with Crippen molar-refractivity contribution in [2.45, 2.75) is 26.7 Å². The van der Waals surface area contributed by atoms with Crippen LogP contribution >= 0.6 is 0 Å². The average molecular weight is 399 g/mol. The minimum atomic E-state index is -0.143. The number of rotatable bonds is 10. The molecule has 6 heteroatoms. The highest BCUT2D eigenvalue weighted by Crippen LogP contribution is 2.37. The van der Waals surface area contributed by atoms with Crippen molar-refractivity contribution in [2.75, 3.05) is 33.7 Å². The van der Waals surface area contributed by atoms with Crippen LogP contribution in [0.25, 0.3) is 6.08 Å². The maximum atomic E-state index is 13.4. The highest BCUT2D eigenvalue weighted by Gasteiger charge is 2.22. The molecule has 0 saturated carbocycles. The number of benzene rings is 2. The quantitative estimate of drug-likeness (QED) is 0.352. The molecule has 29 heavy (non-hydrogen) atoms. The van der Waals surface area contributed by atoms with Crippen molar-refractivity contribution < 1.29 is 23.7 Å². The molecule has 0 fully saturated rings. The maximum absolute atomic E-state index is 13.4. The number of ketones is 1. The molecule has 0 spiro atoms. The van der Waals surface area contributed by atoms with Crippen molar-refractivity contribution in [3.05, 3.63) is 47.0 Å². The van der Waals surface area contributed by atoms with E-state index in [1.54, 1.807) is 25.3 Å². The Morgan fingerprint density at radius 2 is 1.76 bits per heavy atom. The Morgan fingerprint density at radius 1 is 1.00 bits per heavy atom. The second kappa shape index (κ2) is 10.4. The topological polar surface area (TPSA) is 80.0 Å². The number of hydrogen-bond acceptors (Lipinski definition) is 6. The molecule has 2 aromatic carbocycles. The summed E-state index contributed by atoms with van der Waals surface area (Å²) < 4.78 is 21.7. The number of anilines is 1. The minimum absolute atomic E-state index is 0.143. The summed E-state index contributed by atoms with van der Waals surface area (Å²) >= 11 is 0. The summed E-state index contributed by atoms with van der Waals surface area (Å²) in [6.07, 6.45) is 3.28. The summed E-state index contributed by atoms with van der Waals surface area (Å²) in [5.41, 5.74) is 8.40. The van der Waals surface area contributed by atoms with Gasteiger partial charge in [-0.3, -0.25) is 4.79 Å². The zero-order chi connectivity index (χ0) is 21.4. The Bertz CT molecular complexity index is 889. The molecular formula is C23H29NO5. The van der Waals surface area contributed by atoms with E-state index in [1.165, 1.54) is 14.2 Å². The molecule has 0 amide bonds. The van der Waals surface area contributed by atoms with Gasteiger partial charge in [0, 0.05) is 11.6 Å². The first-order valence-electron chi connectivity index (χ1n) is 9.56. The van der Waals surface area contributed by atoms with Gasteiger partial charge in [-0.25, -0.2) is 0 Å². The number of nitrogen functional groups attached to an aromatic ring is 1. The Hall–Kier alpha value is -3.15. The van der Waals surface area contributed by atoms with E-state index in [4.69, 9.17) is 24.7 Å². The molecule has 0 aliphatic carbocycles. The van der Waals surface area contributed by atoms with Gasteiger partial charge in [0.2, 0.25) is 0 Å². The molecule has 0 aliphatic rings. The van der Waals surface area contributed by atoms with Crippen LogP contribution in [0, 0.1) is 0 Å². The molecule has 0 aromatic heterocycles. The number of Topliss-reactive ketones (excluding diaryl/α,β-unsaturated/α-hetero) is 1. The summed E-state index contributed by atoms with van der Waals surface area (Å²) in [6, 6.07) is 8.84. The van der Waals surface area contributed by atoms with E-state index in [9.17, 15) is 4.79 Å². The fourth-order valence-corrected chi connectivity index (χ4v) is 3.04. The van der Waals surface area contributed by atoms with E-state index in [-0.39, 0.29) is 5.78 Å². The van der Waals surface area contributed by atoms with Crippen molar-refractivity contribution in [2.24, 2.45) is 0 Å². The van der Waals surface area contributed by atoms with Crippen LogP contribution in [0.15, 0.2) is 35.9 Å². The van der Waals surface area contributed by atoms with Gasteiger partial charge in [0.25, 0.3) is 0 Å². The van der Waals surface area contributed by atoms with Gasteiger partial charge in [0.05, 0.1) is 39.2 Å². The van der Waals surface area contributed by atoms with E-state index in [0.717, 1.165) is 12.0 Å². The van der Waals surface area contributed by atoms with Crippen LogP contribution in [0.5, 0.6) is 23.0 Å². The predicted molar refractivity (Wildman–Crippen MR) is 115 cm³/mol. The third kappa shape index (κ3) is 5.22. The first kappa shape index (κ1) is 22.1. The van der Waals surface area contributed by atoms with Crippen molar-refractivity contribution in [3.8, 4) is 23.0 Å². The standard InChI is InChI=1S/C23H29NO5/c1-6-8-16(11-15-9-10-19(24)20(12-15)29-7-2)22(25)18-13-17(26-3)14-21(27-4)23(18)28-5/h9-14H,6-8,24H2,1-5H3. The predicted octanol–water partition coefficient (Wildman–Crippen LogP) is 4.76. The largest absolute Gasteiger partial charge is 0.497 e. The average Bonchev–Trinajstić information content (AvgIpc) is 2.74. The Morgan fingerprint density at radius 3 is 2.34 bits per heavy atom. The number of allylic oxidation sites excluding steroid dienone is 1. The van der Waals surface area contributed by atoms with Gasteiger partial charge in [0.1, 0.15) is 11.5 Å². The van der Waals surface area contributed by atoms with E-state index in [2.05, 4.69) is 0 Å². The lowest BCUT2D eigenvalue weighted by molar-refractivity contribution is 0.102. The van der Waals surface area contributed by atoms with Gasteiger partial charge in [-0.2, -0.15) is 0 Å². The molecule has 0 atom stereocenters. The smallest absolute Gasteiger partial charge is 0.193 e. The fraction of sp³-hybridized carbons (Fsp3) is 0.348. The van der Waals surface area contributed by atoms with Crippen LogP contribution in [-0.2, 0) is 0 Å². The number of carbonyl (C=O) groups is 1. The number of hydrogen-bond donors (Lipinski definition) is 1. The summed E-state index contributed by atoms with van der Waals surface area (Å²) in [4.78, 5) is 13.4. The Balaban J connectivity index is 2.55. The third-order valence-electron chi connectivity index (χ3n) is 4.42. The van der Waals surface area contributed by atoms with Crippen molar-refractivity contribution in [1.29, 1.82) is 0 Å². The maximum Gasteiger partial charge on any atom is 0.193 e. The van der Waals surface area contributed by atoms with Crippen LogP contribution < -0.4 is 24.7 Å². The monoisotopic (exact) mass is 399 g/mol. The van der Waals surface area contributed by atoms with E-state index < -0.39 is 0 Å². The molecule has 6 nitrogen and oxygen atoms in total. The van der Waals surface area contributed by atoms with Gasteiger partial charge < -0.3 is 24.7 Å². The van der Waals surface area contributed by atoms with Crippen LogP contribution in [0.2, 0.25) is 0 Å². The molecular weight excluding hydrogens is 370 g/mol. The van der Waals surface area contributed by atoms with Gasteiger partial charge in [-0.15, -0.1) is 0 Å². The zero-order valence-electron chi connectivity index (χ0n) is 17.7. The van der Waals surface area contributed by atoms with Gasteiger partial charge in [0.15, 0.2) is 17.3 Å².